The molecule has 0 aliphatic carbocycles. The summed E-state index contributed by atoms with van der Waals surface area (Å²) in [7, 11) is -2.21. The molecule has 9 heteroatoms. The number of rotatable bonds is 6. The Hall–Kier alpha value is -2.65. The first-order valence-electron chi connectivity index (χ1n) is 11.4. The summed E-state index contributed by atoms with van der Waals surface area (Å²) in [5.41, 5.74) is 1.25. The van der Waals surface area contributed by atoms with E-state index in [9.17, 15) is 17.6 Å². The maximum atomic E-state index is 14.0. The van der Waals surface area contributed by atoms with Crippen molar-refractivity contribution in [2.24, 2.45) is 5.92 Å². The Morgan fingerprint density at radius 1 is 1.03 bits per heavy atom. The zero-order valence-electron chi connectivity index (χ0n) is 18.8. The molecule has 2 heterocycles. The molecule has 33 heavy (non-hydrogen) atoms. The topological polar surface area (TPSA) is 79.0 Å². The standard InChI is InChI=1S/C24H30FN3O4S/c1-32-20-8-10-21(11-9-20)33(30,31)28-15-5-6-18(17-28)24(29)26-22-16-19(25)7-12-23(22)27-13-3-2-4-14-27/h7-12,16,18H,2-6,13-15,17H2,1H3,(H,26,29). The number of nitrogens with zero attached hydrogens (tertiary/aromatic N) is 2. The van der Waals surface area contributed by atoms with Gasteiger partial charge in [-0.05, 0) is 74.6 Å². The largest absolute Gasteiger partial charge is 0.497 e. The highest BCUT2D eigenvalue weighted by atomic mass is 32.2. The van der Waals surface area contributed by atoms with Gasteiger partial charge in [0.05, 0.1) is 29.3 Å². The molecule has 2 aliphatic rings. The lowest BCUT2D eigenvalue weighted by Gasteiger charge is -2.33. The summed E-state index contributed by atoms with van der Waals surface area (Å²) in [6, 6.07) is 10.7. The Labute approximate surface area is 194 Å². The molecule has 1 unspecified atom stereocenters. The van der Waals surface area contributed by atoms with Crippen molar-refractivity contribution in [2.75, 3.05) is 43.5 Å². The molecular formula is C24H30FN3O4S. The van der Waals surface area contributed by atoms with Gasteiger partial charge in [-0.1, -0.05) is 0 Å². The van der Waals surface area contributed by atoms with E-state index >= 15 is 0 Å². The molecule has 0 saturated carbocycles. The first-order valence-corrected chi connectivity index (χ1v) is 12.8. The molecule has 0 bridgehead atoms. The van der Waals surface area contributed by atoms with Gasteiger partial charge in [-0.3, -0.25) is 4.79 Å². The van der Waals surface area contributed by atoms with Crippen molar-refractivity contribution < 1.29 is 22.3 Å². The molecule has 2 fully saturated rings. The van der Waals surface area contributed by atoms with Crippen LogP contribution in [0.3, 0.4) is 0 Å². The van der Waals surface area contributed by atoms with Crippen LogP contribution in [0.5, 0.6) is 5.75 Å². The van der Waals surface area contributed by atoms with Crippen molar-refractivity contribution in [2.45, 2.75) is 37.0 Å². The van der Waals surface area contributed by atoms with E-state index in [0.717, 1.165) is 31.6 Å². The van der Waals surface area contributed by atoms with Crippen LogP contribution >= 0.6 is 0 Å². The van der Waals surface area contributed by atoms with Gasteiger partial charge in [-0.2, -0.15) is 4.31 Å². The number of benzene rings is 2. The summed E-state index contributed by atoms with van der Waals surface area (Å²) < 4.78 is 46.7. The number of piperidine rings is 2. The minimum Gasteiger partial charge on any atom is -0.497 e. The Balaban J connectivity index is 1.48. The molecule has 2 aliphatic heterocycles. The number of ether oxygens (including phenoxy) is 1. The predicted molar refractivity (Wildman–Crippen MR) is 126 cm³/mol. The maximum Gasteiger partial charge on any atom is 0.243 e. The Bertz CT molecular complexity index is 1090. The average molecular weight is 476 g/mol. The highest BCUT2D eigenvalue weighted by molar-refractivity contribution is 7.89. The van der Waals surface area contributed by atoms with Crippen LogP contribution in [0, 0.1) is 11.7 Å². The molecule has 1 N–H and O–H groups in total. The minimum atomic E-state index is -3.73. The van der Waals surface area contributed by atoms with Gasteiger partial charge < -0.3 is 15.0 Å². The first-order chi connectivity index (χ1) is 15.9. The number of carbonyl (C=O) groups excluding carboxylic acids is 1. The molecule has 178 valence electrons. The Kier molecular flexibility index (Phi) is 7.19. The molecule has 0 radical (unpaired) electrons. The monoisotopic (exact) mass is 475 g/mol. The van der Waals surface area contributed by atoms with Crippen LogP contribution in [-0.4, -0.2) is 51.9 Å². The van der Waals surface area contributed by atoms with E-state index in [0.29, 0.717) is 30.8 Å². The number of halogens is 1. The van der Waals surface area contributed by atoms with Crippen LogP contribution in [0.4, 0.5) is 15.8 Å². The number of methoxy groups -OCH3 is 1. The second-order valence-corrected chi connectivity index (χ2v) is 10.5. The molecule has 1 atom stereocenters. The SMILES string of the molecule is COc1ccc(S(=O)(=O)N2CCCC(C(=O)Nc3cc(F)ccc3N3CCCCC3)C2)cc1. The van der Waals surface area contributed by atoms with Gasteiger partial charge in [-0.15, -0.1) is 0 Å². The summed E-state index contributed by atoms with van der Waals surface area (Å²) in [5.74, 6) is -0.638. The van der Waals surface area contributed by atoms with E-state index in [1.807, 2.05) is 0 Å². The maximum absolute atomic E-state index is 14.0. The average Bonchev–Trinajstić information content (AvgIpc) is 2.85. The molecule has 0 aromatic heterocycles. The van der Waals surface area contributed by atoms with Crippen molar-refractivity contribution in [3.05, 3.63) is 48.3 Å². The molecule has 7 nitrogen and oxygen atoms in total. The second kappa shape index (κ2) is 10.1. The van der Waals surface area contributed by atoms with Crippen LogP contribution < -0.4 is 15.0 Å². The molecule has 2 aromatic carbocycles. The summed E-state index contributed by atoms with van der Waals surface area (Å²) in [5, 5.41) is 2.89. The Morgan fingerprint density at radius 2 is 1.76 bits per heavy atom. The minimum absolute atomic E-state index is 0.0918. The molecular weight excluding hydrogens is 445 g/mol. The van der Waals surface area contributed by atoms with E-state index in [1.54, 1.807) is 18.2 Å². The van der Waals surface area contributed by atoms with E-state index in [2.05, 4.69) is 10.2 Å². The van der Waals surface area contributed by atoms with E-state index in [1.165, 1.54) is 42.1 Å². The fraction of sp³-hybridized carbons (Fsp3) is 0.458. The predicted octanol–water partition coefficient (Wildman–Crippen LogP) is 3.86. The van der Waals surface area contributed by atoms with Crippen LogP contribution in [0.2, 0.25) is 0 Å². The van der Waals surface area contributed by atoms with Crippen molar-refractivity contribution >= 4 is 27.3 Å². The zero-order valence-corrected chi connectivity index (χ0v) is 19.6. The van der Waals surface area contributed by atoms with Crippen molar-refractivity contribution in [1.29, 1.82) is 0 Å². The van der Waals surface area contributed by atoms with E-state index in [4.69, 9.17) is 4.74 Å². The number of anilines is 2. The molecule has 2 saturated heterocycles. The third-order valence-corrected chi connectivity index (χ3v) is 8.24. The van der Waals surface area contributed by atoms with Crippen molar-refractivity contribution in [3.8, 4) is 5.75 Å². The highest BCUT2D eigenvalue weighted by Crippen LogP contribution is 2.31. The fourth-order valence-electron chi connectivity index (χ4n) is 4.53. The number of nitrogens with one attached hydrogen (secondary N) is 1. The van der Waals surface area contributed by atoms with Gasteiger partial charge in [0.1, 0.15) is 11.6 Å². The lowest BCUT2D eigenvalue weighted by molar-refractivity contribution is -0.120. The van der Waals surface area contributed by atoms with Crippen LogP contribution in [0.1, 0.15) is 32.1 Å². The number of carbonyl (C=O) groups is 1. The van der Waals surface area contributed by atoms with Gasteiger partial charge in [0.25, 0.3) is 0 Å². The summed E-state index contributed by atoms with van der Waals surface area (Å²) >= 11 is 0. The normalized spacial score (nSPS) is 19.8. The lowest BCUT2D eigenvalue weighted by Crippen LogP contribution is -2.43. The van der Waals surface area contributed by atoms with Crippen LogP contribution in [0.15, 0.2) is 47.4 Å². The van der Waals surface area contributed by atoms with E-state index in [-0.39, 0.29) is 17.3 Å². The van der Waals surface area contributed by atoms with Crippen molar-refractivity contribution in [3.63, 3.8) is 0 Å². The number of sulfonamides is 1. The third-order valence-electron chi connectivity index (χ3n) is 6.37. The van der Waals surface area contributed by atoms with Gasteiger partial charge in [-0.25, -0.2) is 12.8 Å². The van der Waals surface area contributed by atoms with Crippen LogP contribution in [0.25, 0.3) is 0 Å². The molecule has 2 aromatic rings. The smallest absolute Gasteiger partial charge is 0.243 e. The highest BCUT2D eigenvalue weighted by Gasteiger charge is 2.33. The van der Waals surface area contributed by atoms with Gasteiger partial charge >= 0.3 is 0 Å². The molecule has 1 amide bonds. The van der Waals surface area contributed by atoms with Gasteiger partial charge in [0.15, 0.2) is 0 Å². The summed E-state index contributed by atoms with van der Waals surface area (Å²) in [6.07, 6.45) is 4.45. The van der Waals surface area contributed by atoms with Crippen molar-refractivity contribution in [1.82, 2.24) is 4.31 Å². The quantitative estimate of drug-likeness (QED) is 0.686. The first kappa shape index (κ1) is 23.5. The number of hydrogen-bond acceptors (Lipinski definition) is 5. The molecule has 0 spiro atoms. The summed E-state index contributed by atoms with van der Waals surface area (Å²) in [6.45, 7) is 2.18. The summed E-state index contributed by atoms with van der Waals surface area (Å²) in [4.78, 5) is 15.5. The second-order valence-electron chi connectivity index (χ2n) is 8.58. The van der Waals surface area contributed by atoms with E-state index < -0.39 is 21.8 Å². The number of hydrogen-bond donors (Lipinski definition) is 1. The Morgan fingerprint density at radius 3 is 2.45 bits per heavy atom. The fourth-order valence-corrected chi connectivity index (χ4v) is 6.05. The zero-order chi connectivity index (χ0) is 23.4. The van der Waals surface area contributed by atoms with Gasteiger partial charge in [0.2, 0.25) is 15.9 Å². The number of amides is 1. The van der Waals surface area contributed by atoms with Crippen LogP contribution in [-0.2, 0) is 14.8 Å². The third kappa shape index (κ3) is 5.30. The van der Waals surface area contributed by atoms with Gasteiger partial charge in [0, 0.05) is 26.2 Å². The molecule has 4 rings (SSSR count). The lowest BCUT2D eigenvalue weighted by atomic mass is 9.98.